The van der Waals surface area contributed by atoms with Crippen LogP contribution in [0.25, 0.3) is 0 Å². The summed E-state index contributed by atoms with van der Waals surface area (Å²) in [7, 11) is 1.26. The summed E-state index contributed by atoms with van der Waals surface area (Å²) in [6.07, 6.45) is -4.39. The monoisotopic (exact) mass is 369 g/mol. The van der Waals surface area contributed by atoms with Gasteiger partial charge in [-0.2, -0.15) is 13.2 Å². The molecule has 0 radical (unpaired) electrons. The van der Waals surface area contributed by atoms with Crippen molar-refractivity contribution in [3.63, 3.8) is 0 Å². The average molecular weight is 369 g/mol. The normalized spacial score (nSPS) is 26.2. The molecule has 1 heterocycles. The Balaban J connectivity index is 2.00. The number of hydrogen-bond acceptors (Lipinski definition) is 5. The number of hydrogen-bond donors (Lipinski definition) is 1. The first-order valence-electron chi connectivity index (χ1n) is 6.25. The predicted molar refractivity (Wildman–Crippen MR) is 81.4 cm³/mol. The molecule has 3 unspecified atom stereocenters. The zero-order valence-corrected chi connectivity index (χ0v) is 14.2. The number of rotatable bonds is 4. The van der Waals surface area contributed by atoms with Crippen molar-refractivity contribution >= 4 is 25.6 Å². The molecule has 11 heteroatoms. The largest absolute Gasteiger partial charge is 0.469 e. The van der Waals surface area contributed by atoms with Crippen LogP contribution in [-0.2, 0) is 10.9 Å². The van der Waals surface area contributed by atoms with Crippen LogP contribution in [0.3, 0.4) is 0 Å². The Hall–Kier alpha value is -0.640. The van der Waals surface area contributed by atoms with E-state index in [2.05, 4.69) is 14.3 Å². The molecule has 0 amide bonds. The molecular formula is C11H13F3N3O2P3. The molecule has 0 spiro atoms. The predicted octanol–water partition coefficient (Wildman–Crippen LogP) is 5.06. The third kappa shape index (κ3) is 5.53. The number of alkyl halides is 3. The van der Waals surface area contributed by atoms with Crippen molar-refractivity contribution in [1.82, 2.24) is 5.09 Å². The van der Waals surface area contributed by atoms with Crippen LogP contribution in [0.2, 0.25) is 0 Å². The van der Waals surface area contributed by atoms with Gasteiger partial charge in [-0.15, -0.1) is 0 Å². The van der Waals surface area contributed by atoms with Gasteiger partial charge in [0.25, 0.3) is 0 Å². The number of nitrogens with zero attached hydrogens (tertiary/aromatic N) is 2. The smallest absolute Gasteiger partial charge is 0.416 e. The van der Waals surface area contributed by atoms with Gasteiger partial charge in [0.2, 0.25) is 5.97 Å². The molecule has 3 atom stereocenters. The number of halogens is 3. The van der Waals surface area contributed by atoms with Gasteiger partial charge in [-0.1, -0.05) is 6.07 Å². The van der Waals surface area contributed by atoms with Crippen LogP contribution >= 0.6 is 25.6 Å². The minimum absolute atomic E-state index is 0.0319. The van der Waals surface area contributed by atoms with Gasteiger partial charge >= 0.3 is 6.18 Å². The molecule has 0 fully saturated rings. The van der Waals surface area contributed by atoms with Crippen LogP contribution in [-0.4, -0.2) is 18.5 Å². The molecule has 22 heavy (non-hydrogen) atoms. The Morgan fingerprint density at radius 2 is 2.23 bits per heavy atom. The number of nitrogens with one attached hydrogen (secondary N) is 1. The van der Waals surface area contributed by atoms with Gasteiger partial charge in [0.1, 0.15) is 5.75 Å². The van der Waals surface area contributed by atoms with E-state index < -0.39 is 17.7 Å². The molecule has 1 aliphatic heterocycles. The fourth-order valence-electron chi connectivity index (χ4n) is 1.47. The standard InChI is InChI=1S/C11H13F3N3O2P3/c1-2-18-9-15-22-16-10(21-17-20-9)19-8-5-3-4-7(6-8)11(12,13)14/h3-6,9-10,21H,2H2,1H3,(H,15,16). The van der Waals surface area contributed by atoms with E-state index in [1.807, 2.05) is 6.92 Å². The fourth-order valence-corrected chi connectivity index (χ4v) is 4.09. The SMILES string of the molecule is CCOC1/N=P\NC(Oc2cccc(C(F)(F)F)c2)P/N=P\1. The molecule has 0 aliphatic carbocycles. The van der Waals surface area contributed by atoms with Crippen LogP contribution in [0.15, 0.2) is 33.5 Å². The van der Waals surface area contributed by atoms with Crippen molar-refractivity contribution in [2.75, 3.05) is 6.61 Å². The van der Waals surface area contributed by atoms with Gasteiger partial charge in [0.15, 0.2) is 5.97 Å². The molecule has 0 saturated heterocycles. The van der Waals surface area contributed by atoms with Crippen molar-refractivity contribution in [1.29, 1.82) is 0 Å². The lowest BCUT2D eigenvalue weighted by atomic mass is 10.2. The molecule has 2 rings (SSSR count). The molecule has 0 aromatic heterocycles. The molecule has 1 aliphatic rings. The fraction of sp³-hybridized carbons (Fsp3) is 0.455. The van der Waals surface area contributed by atoms with E-state index in [0.717, 1.165) is 12.1 Å². The summed E-state index contributed by atoms with van der Waals surface area (Å²) in [5, 5.41) is 2.95. The molecule has 1 N–H and O–H groups in total. The Bertz CT molecular complexity index is 541. The zero-order chi connectivity index (χ0) is 16.0. The molecule has 1 aromatic rings. The molecule has 0 bridgehead atoms. The molecule has 120 valence electrons. The minimum Gasteiger partial charge on any atom is -0.469 e. The van der Waals surface area contributed by atoms with E-state index in [1.54, 1.807) is 0 Å². The van der Waals surface area contributed by atoms with E-state index in [1.165, 1.54) is 12.1 Å². The van der Waals surface area contributed by atoms with Crippen molar-refractivity contribution < 1.29 is 22.6 Å². The Morgan fingerprint density at radius 3 is 2.95 bits per heavy atom. The summed E-state index contributed by atoms with van der Waals surface area (Å²) >= 11 is 0. The van der Waals surface area contributed by atoms with E-state index in [9.17, 15) is 13.2 Å². The van der Waals surface area contributed by atoms with Crippen LogP contribution in [0.5, 0.6) is 5.75 Å². The van der Waals surface area contributed by atoms with E-state index in [0.29, 0.717) is 23.5 Å². The Kier molecular flexibility index (Phi) is 6.66. The Morgan fingerprint density at radius 1 is 1.41 bits per heavy atom. The van der Waals surface area contributed by atoms with Crippen molar-refractivity contribution in [3.8, 4) is 5.75 Å². The van der Waals surface area contributed by atoms with Gasteiger partial charge in [0.05, 0.1) is 31.2 Å². The molecule has 0 saturated carbocycles. The second-order valence-corrected chi connectivity index (χ2v) is 6.94. The van der Waals surface area contributed by atoms with Crippen molar-refractivity contribution in [2.45, 2.75) is 25.0 Å². The lowest BCUT2D eigenvalue weighted by molar-refractivity contribution is -0.137. The molecule has 1 aromatic carbocycles. The van der Waals surface area contributed by atoms with Gasteiger partial charge in [-0.25, -0.2) is 14.3 Å². The third-order valence-corrected chi connectivity index (χ3v) is 5.38. The molecular weight excluding hydrogens is 356 g/mol. The summed E-state index contributed by atoms with van der Waals surface area (Å²) in [5.41, 5.74) is -0.743. The summed E-state index contributed by atoms with van der Waals surface area (Å²) in [4.78, 5) is 0. The average Bonchev–Trinajstić information content (AvgIpc) is 2.43. The lowest BCUT2D eigenvalue weighted by Gasteiger charge is -2.18. The van der Waals surface area contributed by atoms with Crippen LogP contribution in [0.1, 0.15) is 12.5 Å². The first-order valence-corrected chi connectivity index (χ1v) is 9.04. The first kappa shape index (κ1) is 17.7. The maximum absolute atomic E-state index is 12.7. The third-order valence-electron chi connectivity index (χ3n) is 2.39. The van der Waals surface area contributed by atoms with Gasteiger partial charge in [-0.3, -0.25) is 0 Å². The van der Waals surface area contributed by atoms with E-state index >= 15 is 0 Å². The highest BCUT2D eigenvalue weighted by molar-refractivity contribution is 7.46. The van der Waals surface area contributed by atoms with Gasteiger partial charge in [0, 0.05) is 6.61 Å². The Labute approximate surface area is 130 Å². The molecule has 5 nitrogen and oxygen atoms in total. The summed E-state index contributed by atoms with van der Waals surface area (Å²) < 4.78 is 57.3. The lowest BCUT2D eigenvalue weighted by Crippen LogP contribution is -2.23. The summed E-state index contributed by atoms with van der Waals surface area (Å²) in [6.45, 7) is 2.41. The zero-order valence-electron chi connectivity index (χ0n) is 11.4. The van der Waals surface area contributed by atoms with E-state index in [-0.39, 0.29) is 20.4 Å². The van der Waals surface area contributed by atoms with Gasteiger partial charge in [-0.05, 0) is 25.1 Å². The van der Waals surface area contributed by atoms with Crippen molar-refractivity contribution in [3.05, 3.63) is 29.8 Å². The highest BCUT2D eigenvalue weighted by atomic mass is 31.1. The van der Waals surface area contributed by atoms with Gasteiger partial charge < -0.3 is 9.47 Å². The highest BCUT2D eigenvalue weighted by Crippen LogP contribution is 2.35. The highest BCUT2D eigenvalue weighted by Gasteiger charge is 2.30. The topological polar surface area (TPSA) is 55.2 Å². The maximum Gasteiger partial charge on any atom is 0.416 e. The van der Waals surface area contributed by atoms with Crippen LogP contribution in [0, 0.1) is 0 Å². The number of benzene rings is 1. The first-order chi connectivity index (χ1) is 10.5. The van der Waals surface area contributed by atoms with Crippen LogP contribution < -0.4 is 9.82 Å². The van der Waals surface area contributed by atoms with E-state index in [4.69, 9.17) is 9.47 Å². The minimum atomic E-state index is -4.39. The second-order valence-electron chi connectivity index (χ2n) is 3.99. The maximum atomic E-state index is 12.7. The second kappa shape index (κ2) is 8.28. The summed E-state index contributed by atoms with van der Waals surface area (Å²) in [6, 6.07) is 4.77. The number of ether oxygens (including phenoxy) is 2. The quantitative estimate of drug-likeness (QED) is 0.755. The van der Waals surface area contributed by atoms with Crippen molar-refractivity contribution in [2.24, 2.45) is 9.26 Å². The van der Waals surface area contributed by atoms with Crippen LogP contribution in [0.4, 0.5) is 13.2 Å². The summed E-state index contributed by atoms with van der Waals surface area (Å²) in [5.74, 6) is -0.686.